The molecule has 3 amide bonds. The molecule has 1 fully saturated rings. The zero-order valence-corrected chi connectivity index (χ0v) is 16.5. The minimum absolute atomic E-state index is 0.0831. The molecule has 29 heavy (non-hydrogen) atoms. The van der Waals surface area contributed by atoms with Crippen molar-refractivity contribution in [1.82, 2.24) is 15.5 Å². The van der Waals surface area contributed by atoms with Crippen molar-refractivity contribution in [3.8, 4) is 0 Å². The lowest BCUT2D eigenvalue weighted by atomic mass is 10.0. The zero-order valence-electron chi connectivity index (χ0n) is 16.5. The van der Waals surface area contributed by atoms with E-state index in [2.05, 4.69) is 10.6 Å². The fraction of sp³-hybridized carbons (Fsp3) is 0.348. The Morgan fingerprint density at radius 1 is 0.897 bits per heavy atom. The highest BCUT2D eigenvalue weighted by molar-refractivity contribution is 5.94. The van der Waals surface area contributed by atoms with Gasteiger partial charge in [-0.1, -0.05) is 48.5 Å². The smallest absolute Gasteiger partial charge is 0.251 e. The van der Waals surface area contributed by atoms with Crippen LogP contribution in [0.4, 0.5) is 0 Å². The third kappa shape index (κ3) is 6.17. The van der Waals surface area contributed by atoms with Crippen LogP contribution in [0.25, 0.3) is 0 Å². The predicted molar refractivity (Wildman–Crippen MR) is 111 cm³/mol. The van der Waals surface area contributed by atoms with Gasteiger partial charge in [0.05, 0.1) is 12.5 Å². The van der Waals surface area contributed by atoms with Gasteiger partial charge in [0, 0.05) is 31.6 Å². The second-order valence-electron chi connectivity index (χ2n) is 7.19. The van der Waals surface area contributed by atoms with Crippen LogP contribution in [0.2, 0.25) is 0 Å². The lowest BCUT2D eigenvalue weighted by Crippen LogP contribution is -2.36. The summed E-state index contributed by atoms with van der Waals surface area (Å²) in [7, 11) is 0. The summed E-state index contributed by atoms with van der Waals surface area (Å²) in [6, 6.07) is 17.9. The molecule has 152 valence electrons. The van der Waals surface area contributed by atoms with Crippen LogP contribution in [0.15, 0.2) is 60.7 Å². The lowest BCUT2D eigenvalue weighted by molar-refractivity contribution is -0.130. The molecule has 0 radical (unpaired) electrons. The number of nitrogens with zero attached hydrogens (tertiary/aromatic N) is 1. The minimum Gasteiger partial charge on any atom is -0.356 e. The highest BCUT2D eigenvalue weighted by Crippen LogP contribution is 2.17. The molecule has 0 spiro atoms. The SMILES string of the molecule is O=C(CC(NC(=O)c1ccccc1)c1ccccc1)NCCC(=O)N1CCCC1. The second kappa shape index (κ2) is 10.4. The number of hydrogen-bond acceptors (Lipinski definition) is 3. The number of likely N-dealkylation sites (tertiary alicyclic amines) is 1. The van der Waals surface area contributed by atoms with E-state index in [0.29, 0.717) is 18.5 Å². The Morgan fingerprint density at radius 2 is 1.52 bits per heavy atom. The fourth-order valence-corrected chi connectivity index (χ4v) is 3.46. The van der Waals surface area contributed by atoms with Crippen LogP contribution in [0.5, 0.6) is 0 Å². The van der Waals surface area contributed by atoms with E-state index in [4.69, 9.17) is 0 Å². The summed E-state index contributed by atoms with van der Waals surface area (Å²) in [5.74, 6) is -0.335. The van der Waals surface area contributed by atoms with Crippen molar-refractivity contribution in [3.05, 3.63) is 71.8 Å². The van der Waals surface area contributed by atoms with E-state index >= 15 is 0 Å². The molecule has 2 N–H and O–H groups in total. The molecule has 1 aliphatic heterocycles. The first-order valence-electron chi connectivity index (χ1n) is 10.1. The topological polar surface area (TPSA) is 78.5 Å². The highest BCUT2D eigenvalue weighted by atomic mass is 16.2. The Morgan fingerprint density at radius 3 is 2.17 bits per heavy atom. The molecule has 0 aromatic heterocycles. The van der Waals surface area contributed by atoms with E-state index in [0.717, 1.165) is 31.5 Å². The number of carbonyl (C=O) groups is 3. The Kier molecular flexibility index (Phi) is 7.39. The summed E-state index contributed by atoms with van der Waals surface area (Å²) in [5, 5.41) is 5.76. The first-order valence-corrected chi connectivity index (χ1v) is 10.1. The van der Waals surface area contributed by atoms with Gasteiger partial charge in [-0.2, -0.15) is 0 Å². The molecular formula is C23H27N3O3. The van der Waals surface area contributed by atoms with Crippen LogP contribution in [-0.4, -0.2) is 42.3 Å². The Bertz CT molecular complexity index is 818. The normalized spacial score (nSPS) is 14.3. The first-order chi connectivity index (χ1) is 14.1. The number of nitrogens with one attached hydrogen (secondary N) is 2. The minimum atomic E-state index is -0.446. The van der Waals surface area contributed by atoms with Gasteiger partial charge in [-0.05, 0) is 30.5 Å². The standard InChI is InChI=1S/C23H27N3O3/c27-21(24-14-13-22(28)26-15-7-8-16-26)17-20(18-9-3-1-4-10-18)25-23(29)19-11-5-2-6-12-19/h1-6,9-12,20H,7-8,13-17H2,(H,24,27)(H,25,29). The lowest BCUT2D eigenvalue weighted by Gasteiger charge is -2.19. The maximum Gasteiger partial charge on any atom is 0.251 e. The zero-order chi connectivity index (χ0) is 20.5. The summed E-state index contributed by atoms with van der Waals surface area (Å²) in [4.78, 5) is 39.0. The van der Waals surface area contributed by atoms with Crippen LogP contribution in [0, 0.1) is 0 Å². The van der Waals surface area contributed by atoms with E-state index in [9.17, 15) is 14.4 Å². The van der Waals surface area contributed by atoms with Crippen molar-refractivity contribution in [1.29, 1.82) is 0 Å². The first kappa shape index (κ1) is 20.6. The molecule has 6 nitrogen and oxygen atoms in total. The largest absolute Gasteiger partial charge is 0.356 e. The molecule has 1 saturated heterocycles. The summed E-state index contributed by atoms with van der Waals surface area (Å²) in [5.41, 5.74) is 1.41. The molecule has 0 saturated carbocycles. The third-order valence-corrected chi connectivity index (χ3v) is 5.05. The highest BCUT2D eigenvalue weighted by Gasteiger charge is 2.20. The van der Waals surface area contributed by atoms with Crippen molar-refractivity contribution in [3.63, 3.8) is 0 Å². The molecule has 6 heteroatoms. The van der Waals surface area contributed by atoms with Crippen LogP contribution in [0.1, 0.15) is 47.6 Å². The number of hydrogen-bond donors (Lipinski definition) is 2. The number of carbonyl (C=O) groups excluding carboxylic acids is 3. The maximum atomic E-state index is 12.6. The molecule has 1 heterocycles. The van der Waals surface area contributed by atoms with Gasteiger partial charge in [0.25, 0.3) is 5.91 Å². The molecule has 0 aliphatic carbocycles. The summed E-state index contributed by atoms with van der Waals surface area (Å²) in [6.07, 6.45) is 2.52. The summed E-state index contributed by atoms with van der Waals surface area (Å²) in [6.45, 7) is 1.94. The van der Waals surface area contributed by atoms with Gasteiger partial charge in [-0.15, -0.1) is 0 Å². The predicted octanol–water partition coefficient (Wildman–Crippen LogP) is 2.68. The fourth-order valence-electron chi connectivity index (χ4n) is 3.46. The van der Waals surface area contributed by atoms with Crippen molar-refractivity contribution < 1.29 is 14.4 Å². The van der Waals surface area contributed by atoms with Gasteiger partial charge in [-0.3, -0.25) is 14.4 Å². The monoisotopic (exact) mass is 393 g/mol. The van der Waals surface area contributed by atoms with E-state index in [-0.39, 0.29) is 24.1 Å². The number of rotatable bonds is 8. The molecule has 3 rings (SSSR count). The summed E-state index contributed by atoms with van der Waals surface area (Å²) < 4.78 is 0. The Balaban J connectivity index is 1.55. The van der Waals surface area contributed by atoms with E-state index < -0.39 is 6.04 Å². The number of benzene rings is 2. The van der Waals surface area contributed by atoms with Crippen LogP contribution >= 0.6 is 0 Å². The Hall–Kier alpha value is -3.15. The van der Waals surface area contributed by atoms with Crippen LogP contribution in [0.3, 0.4) is 0 Å². The van der Waals surface area contributed by atoms with E-state index in [1.165, 1.54) is 0 Å². The average molecular weight is 393 g/mol. The van der Waals surface area contributed by atoms with E-state index in [1.54, 1.807) is 24.3 Å². The van der Waals surface area contributed by atoms with Gasteiger partial charge in [0.1, 0.15) is 0 Å². The molecular weight excluding hydrogens is 366 g/mol. The number of amides is 3. The third-order valence-electron chi connectivity index (χ3n) is 5.05. The average Bonchev–Trinajstić information content (AvgIpc) is 3.29. The van der Waals surface area contributed by atoms with Crippen molar-refractivity contribution >= 4 is 17.7 Å². The van der Waals surface area contributed by atoms with Gasteiger partial charge in [0.2, 0.25) is 11.8 Å². The maximum absolute atomic E-state index is 12.6. The van der Waals surface area contributed by atoms with Gasteiger partial charge in [0.15, 0.2) is 0 Å². The van der Waals surface area contributed by atoms with E-state index in [1.807, 2.05) is 41.3 Å². The van der Waals surface area contributed by atoms with Crippen LogP contribution < -0.4 is 10.6 Å². The molecule has 2 aromatic carbocycles. The molecule has 1 aliphatic rings. The van der Waals surface area contributed by atoms with Crippen molar-refractivity contribution in [2.24, 2.45) is 0 Å². The summed E-state index contributed by atoms with van der Waals surface area (Å²) >= 11 is 0. The Labute approximate surface area is 171 Å². The van der Waals surface area contributed by atoms with Gasteiger partial charge < -0.3 is 15.5 Å². The molecule has 1 atom stereocenters. The van der Waals surface area contributed by atoms with Crippen molar-refractivity contribution in [2.75, 3.05) is 19.6 Å². The molecule has 1 unspecified atom stereocenters. The molecule has 0 bridgehead atoms. The van der Waals surface area contributed by atoms with Gasteiger partial charge in [-0.25, -0.2) is 0 Å². The van der Waals surface area contributed by atoms with Crippen LogP contribution in [-0.2, 0) is 9.59 Å². The molecule has 2 aromatic rings. The van der Waals surface area contributed by atoms with Gasteiger partial charge >= 0.3 is 0 Å². The quantitative estimate of drug-likeness (QED) is 0.724. The second-order valence-corrected chi connectivity index (χ2v) is 7.19. The van der Waals surface area contributed by atoms with Crippen molar-refractivity contribution in [2.45, 2.75) is 31.7 Å².